The number of hydrogen-bond acceptors (Lipinski definition) is 3. The van der Waals surface area contributed by atoms with Crippen LogP contribution in [0.1, 0.15) is 36.1 Å². The summed E-state index contributed by atoms with van der Waals surface area (Å²) < 4.78 is 6.65. The molecule has 31 heavy (non-hydrogen) atoms. The number of para-hydroxylation sites is 1. The Bertz CT molecular complexity index is 1150. The molecule has 5 heteroatoms. The van der Waals surface area contributed by atoms with Gasteiger partial charge >= 0.3 is 0 Å². The molecule has 2 unspecified atom stereocenters. The van der Waals surface area contributed by atoms with Crippen molar-refractivity contribution >= 4 is 26.8 Å². The molecular formula is C26H29BrN2O2. The minimum absolute atomic E-state index is 0.318. The average molecular weight is 481 g/mol. The van der Waals surface area contributed by atoms with Crippen molar-refractivity contribution in [3.8, 4) is 5.75 Å². The summed E-state index contributed by atoms with van der Waals surface area (Å²) >= 11 is 3.72. The molecule has 4 nitrogen and oxygen atoms in total. The van der Waals surface area contributed by atoms with Crippen LogP contribution in [0.25, 0.3) is 10.9 Å². The first-order valence-electron chi connectivity index (χ1n) is 11.4. The number of likely N-dealkylation sites (tertiary alicyclic amines) is 1. The molecule has 1 saturated carbocycles. The number of benzene rings is 2. The number of nitrogens with one attached hydrogen (secondary N) is 1. The van der Waals surface area contributed by atoms with Gasteiger partial charge in [-0.05, 0) is 77.0 Å². The molecule has 0 spiro atoms. The number of hydrogen-bond donors (Lipinski definition) is 2. The van der Waals surface area contributed by atoms with Crippen molar-refractivity contribution in [2.24, 2.45) is 5.92 Å². The third-order valence-corrected chi connectivity index (χ3v) is 8.65. The first kappa shape index (κ1) is 19.8. The van der Waals surface area contributed by atoms with Crippen molar-refractivity contribution < 1.29 is 9.84 Å². The molecule has 2 heterocycles. The number of rotatable bonds is 4. The van der Waals surface area contributed by atoms with Crippen LogP contribution in [0.15, 0.2) is 46.9 Å². The number of nitrogens with zero attached hydrogens (tertiary/aromatic N) is 1. The lowest BCUT2D eigenvalue weighted by Gasteiger charge is -2.56. The van der Waals surface area contributed by atoms with Gasteiger partial charge in [-0.2, -0.15) is 0 Å². The number of β-amino-alcohol motifs (C(OH)–C–C–N with tert-alkyl or cyclic N) is 1. The van der Waals surface area contributed by atoms with Gasteiger partial charge < -0.3 is 19.7 Å². The number of fused-ring (bicyclic) bond motifs is 4. The predicted octanol–water partition coefficient (Wildman–Crippen LogP) is 4.82. The average Bonchev–Trinajstić information content (AvgIpc) is 3.52. The second-order valence-corrected chi connectivity index (χ2v) is 10.7. The highest BCUT2D eigenvalue weighted by molar-refractivity contribution is 9.10. The van der Waals surface area contributed by atoms with Gasteiger partial charge in [0.2, 0.25) is 0 Å². The van der Waals surface area contributed by atoms with Gasteiger partial charge in [0, 0.05) is 46.9 Å². The van der Waals surface area contributed by atoms with Crippen LogP contribution in [0.2, 0.25) is 0 Å². The molecular weight excluding hydrogens is 452 g/mol. The van der Waals surface area contributed by atoms with Crippen LogP contribution in [0.3, 0.4) is 0 Å². The fourth-order valence-corrected chi connectivity index (χ4v) is 6.62. The largest absolute Gasteiger partial charge is 0.497 e. The molecule has 2 aliphatic carbocycles. The predicted molar refractivity (Wildman–Crippen MR) is 127 cm³/mol. The zero-order valence-corrected chi connectivity index (χ0v) is 19.5. The van der Waals surface area contributed by atoms with E-state index in [1.807, 2.05) is 6.07 Å². The molecule has 1 saturated heterocycles. The van der Waals surface area contributed by atoms with Crippen LogP contribution in [0.5, 0.6) is 5.75 Å². The summed E-state index contributed by atoms with van der Waals surface area (Å²) in [5, 5.41) is 13.7. The van der Waals surface area contributed by atoms with E-state index in [9.17, 15) is 5.11 Å². The van der Waals surface area contributed by atoms with Crippen molar-refractivity contribution in [1.82, 2.24) is 9.88 Å². The van der Waals surface area contributed by atoms with E-state index in [1.165, 1.54) is 35.0 Å². The van der Waals surface area contributed by atoms with E-state index in [-0.39, 0.29) is 5.41 Å². The lowest BCUT2D eigenvalue weighted by Crippen LogP contribution is -2.66. The van der Waals surface area contributed by atoms with Crippen LogP contribution >= 0.6 is 15.9 Å². The molecule has 2 aromatic carbocycles. The fourth-order valence-electron chi connectivity index (χ4n) is 6.16. The maximum atomic E-state index is 12.4. The maximum absolute atomic E-state index is 12.4. The number of aromatic nitrogens is 1. The molecule has 3 aliphatic rings. The Labute approximate surface area is 191 Å². The smallest absolute Gasteiger partial charge is 0.119 e. The molecule has 2 fully saturated rings. The summed E-state index contributed by atoms with van der Waals surface area (Å²) in [6, 6.07) is 14.8. The van der Waals surface area contributed by atoms with E-state index in [4.69, 9.17) is 4.74 Å². The summed E-state index contributed by atoms with van der Waals surface area (Å²) in [4.78, 5) is 6.23. The molecule has 0 amide bonds. The topological polar surface area (TPSA) is 48.5 Å². The Morgan fingerprint density at radius 1 is 1.19 bits per heavy atom. The third kappa shape index (κ3) is 3.08. The molecule has 6 rings (SSSR count). The minimum Gasteiger partial charge on any atom is -0.497 e. The first-order valence-corrected chi connectivity index (χ1v) is 12.2. The Morgan fingerprint density at radius 2 is 2.03 bits per heavy atom. The number of ether oxygens (including phenoxy) is 1. The molecule has 0 bridgehead atoms. The Kier molecular flexibility index (Phi) is 4.54. The summed E-state index contributed by atoms with van der Waals surface area (Å²) in [7, 11) is 1.72. The fraction of sp³-hybridized carbons (Fsp3) is 0.462. The van der Waals surface area contributed by atoms with Crippen LogP contribution in [0, 0.1) is 5.92 Å². The standard InChI is InChI=1S/C26H29BrN2O2/c1-31-19-5-2-4-18(12-19)25-10-11-29(15-17-8-9-17)16-26(25,30)13-21-20-6-3-7-22(27)24(20)28-23(21)14-25/h2-7,12,17,28,30H,8-11,13-16H2,1H3. The zero-order valence-electron chi connectivity index (χ0n) is 18.0. The number of methoxy groups -OCH3 is 1. The number of aliphatic hydroxyl groups is 1. The highest BCUT2D eigenvalue weighted by atomic mass is 79.9. The Hall–Kier alpha value is -1.82. The van der Waals surface area contributed by atoms with Crippen molar-refractivity contribution in [2.75, 3.05) is 26.7 Å². The summed E-state index contributed by atoms with van der Waals surface area (Å²) in [5.41, 5.74) is 3.77. The highest BCUT2D eigenvalue weighted by Gasteiger charge is 2.57. The van der Waals surface area contributed by atoms with Gasteiger partial charge in [0.05, 0.1) is 18.2 Å². The van der Waals surface area contributed by atoms with E-state index >= 15 is 0 Å². The van der Waals surface area contributed by atoms with Crippen LogP contribution in [0.4, 0.5) is 0 Å². The lowest BCUT2D eigenvalue weighted by atomic mass is 9.56. The molecule has 3 aromatic rings. The van der Waals surface area contributed by atoms with Gasteiger partial charge in [-0.3, -0.25) is 0 Å². The Morgan fingerprint density at radius 3 is 2.84 bits per heavy atom. The summed E-state index contributed by atoms with van der Waals surface area (Å²) in [6.45, 7) is 2.90. The van der Waals surface area contributed by atoms with Gasteiger partial charge in [0.1, 0.15) is 5.75 Å². The number of aromatic amines is 1. The normalized spacial score (nSPS) is 28.4. The van der Waals surface area contributed by atoms with E-state index in [0.717, 1.165) is 54.1 Å². The summed E-state index contributed by atoms with van der Waals surface area (Å²) in [5.74, 6) is 1.69. The minimum atomic E-state index is -0.809. The molecule has 2 atom stereocenters. The SMILES string of the molecule is COc1cccc(C23CCN(CC4CC4)CC2(O)Cc2c([nH]c4c(Br)cccc24)C3)c1. The quantitative estimate of drug-likeness (QED) is 0.562. The Balaban J connectivity index is 1.50. The van der Waals surface area contributed by atoms with E-state index in [1.54, 1.807) is 7.11 Å². The van der Waals surface area contributed by atoms with Crippen LogP contribution in [-0.2, 0) is 18.3 Å². The second kappa shape index (κ2) is 7.09. The van der Waals surface area contributed by atoms with Crippen LogP contribution < -0.4 is 4.74 Å². The number of piperidine rings is 1. The van der Waals surface area contributed by atoms with Gasteiger partial charge in [0.15, 0.2) is 0 Å². The third-order valence-electron chi connectivity index (χ3n) is 7.99. The monoisotopic (exact) mass is 480 g/mol. The van der Waals surface area contributed by atoms with Crippen molar-refractivity contribution in [1.29, 1.82) is 0 Å². The number of H-pyrrole nitrogens is 1. The van der Waals surface area contributed by atoms with E-state index < -0.39 is 5.60 Å². The molecule has 162 valence electrons. The van der Waals surface area contributed by atoms with Crippen LogP contribution in [-0.4, -0.2) is 47.3 Å². The van der Waals surface area contributed by atoms with Crippen molar-refractivity contribution in [2.45, 2.75) is 43.1 Å². The van der Waals surface area contributed by atoms with E-state index in [0.29, 0.717) is 6.42 Å². The lowest BCUT2D eigenvalue weighted by molar-refractivity contribution is -0.103. The molecule has 2 N–H and O–H groups in total. The second-order valence-electron chi connectivity index (χ2n) is 9.87. The van der Waals surface area contributed by atoms with E-state index in [2.05, 4.69) is 62.2 Å². The van der Waals surface area contributed by atoms with Gasteiger partial charge in [0.25, 0.3) is 0 Å². The molecule has 1 aromatic heterocycles. The maximum Gasteiger partial charge on any atom is 0.119 e. The molecule has 0 radical (unpaired) electrons. The highest BCUT2D eigenvalue weighted by Crippen LogP contribution is 2.52. The van der Waals surface area contributed by atoms with Gasteiger partial charge in [-0.25, -0.2) is 0 Å². The summed E-state index contributed by atoms with van der Waals surface area (Å²) in [6.07, 6.45) is 5.15. The molecule has 1 aliphatic heterocycles. The van der Waals surface area contributed by atoms with Gasteiger partial charge in [-0.15, -0.1) is 0 Å². The zero-order chi connectivity index (χ0) is 21.2. The van der Waals surface area contributed by atoms with Crippen molar-refractivity contribution in [3.63, 3.8) is 0 Å². The number of halogens is 1. The van der Waals surface area contributed by atoms with Gasteiger partial charge in [-0.1, -0.05) is 24.3 Å². The van der Waals surface area contributed by atoms with Crippen molar-refractivity contribution in [3.05, 3.63) is 63.8 Å². The first-order chi connectivity index (χ1) is 15.0.